The van der Waals surface area contributed by atoms with E-state index in [0.29, 0.717) is 5.02 Å². The molecule has 138 valence electrons. The van der Waals surface area contributed by atoms with Gasteiger partial charge in [0.1, 0.15) is 5.82 Å². The summed E-state index contributed by atoms with van der Waals surface area (Å²) in [4.78, 5) is 19.7. The molecule has 3 aromatic rings. The minimum absolute atomic E-state index is 0.0400. The van der Waals surface area contributed by atoms with Crippen LogP contribution in [0.3, 0.4) is 0 Å². The van der Waals surface area contributed by atoms with Gasteiger partial charge in [0.25, 0.3) is 0 Å². The first-order valence-corrected chi connectivity index (χ1v) is 9.68. The van der Waals surface area contributed by atoms with E-state index in [1.165, 1.54) is 5.69 Å². The molecule has 27 heavy (non-hydrogen) atoms. The summed E-state index contributed by atoms with van der Waals surface area (Å²) >= 11 is 5.94. The molecule has 3 heterocycles. The number of aromatic nitrogens is 2. The Balaban J connectivity index is 1.46. The molecule has 0 amide bonds. The van der Waals surface area contributed by atoms with E-state index in [2.05, 4.69) is 20.5 Å². The van der Waals surface area contributed by atoms with Crippen LogP contribution in [0.25, 0.3) is 5.82 Å². The monoisotopic (exact) mass is 379 g/mol. The van der Waals surface area contributed by atoms with Gasteiger partial charge in [0, 0.05) is 47.7 Å². The molecule has 1 aliphatic heterocycles. The average Bonchev–Trinajstić information content (AvgIpc) is 3.17. The number of halogens is 1. The highest BCUT2D eigenvalue weighted by Gasteiger charge is 2.27. The molecule has 1 aromatic carbocycles. The number of Topliss-reactive ketones (excluding diaryl/α,β-unsaturated/α-hetero) is 1. The number of benzene rings is 1. The summed E-state index contributed by atoms with van der Waals surface area (Å²) in [6.45, 7) is 2.61. The number of rotatable bonds is 5. The van der Waals surface area contributed by atoms with Gasteiger partial charge in [-0.25, -0.2) is 4.98 Å². The Morgan fingerprint density at radius 2 is 1.96 bits per heavy atom. The van der Waals surface area contributed by atoms with Crippen LogP contribution in [0.1, 0.15) is 28.9 Å². The Bertz CT molecular complexity index is 905. The summed E-state index contributed by atoms with van der Waals surface area (Å²) in [7, 11) is 0. The highest BCUT2D eigenvalue weighted by molar-refractivity contribution is 6.30. The van der Waals surface area contributed by atoms with E-state index in [1.54, 1.807) is 18.3 Å². The van der Waals surface area contributed by atoms with E-state index in [4.69, 9.17) is 11.6 Å². The molecule has 0 aliphatic carbocycles. The summed E-state index contributed by atoms with van der Waals surface area (Å²) in [6, 6.07) is 17.3. The number of likely N-dealkylation sites (tertiary alicyclic amines) is 1. The van der Waals surface area contributed by atoms with Gasteiger partial charge in [-0.05, 0) is 67.9 Å². The van der Waals surface area contributed by atoms with Crippen LogP contribution in [0.15, 0.2) is 67.0 Å². The molecule has 1 saturated heterocycles. The van der Waals surface area contributed by atoms with Crippen molar-refractivity contribution in [2.24, 2.45) is 5.92 Å². The van der Waals surface area contributed by atoms with Gasteiger partial charge in [0.15, 0.2) is 5.78 Å². The maximum absolute atomic E-state index is 12.9. The van der Waals surface area contributed by atoms with Crippen LogP contribution in [0, 0.1) is 5.92 Å². The lowest BCUT2D eigenvalue weighted by atomic mass is 9.90. The highest BCUT2D eigenvalue weighted by atomic mass is 35.5. The minimum atomic E-state index is 0.0400. The standard InChI is InChI=1S/C22H22ClN3O/c23-19-10-8-17(9-11-19)22(27)18-5-3-13-25(15-18)16-20-6-4-14-26(20)21-7-1-2-12-24-21/h1-2,4,6-12,14,18H,3,5,13,15-16H2/t18-/m1/s1. The van der Waals surface area contributed by atoms with E-state index in [1.807, 2.05) is 42.6 Å². The van der Waals surface area contributed by atoms with Crippen molar-refractivity contribution in [3.8, 4) is 5.82 Å². The third-order valence-corrected chi connectivity index (χ3v) is 5.37. The topological polar surface area (TPSA) is 38.1 Å². The predicted molar refractivity (Wildman–Crippen MR) is 107 cm³/mol. The Labute approximate surface area is 164 Å². The number of hydrogen-bond acceptors (Lipinski definition) is 3. The Hall–Kier alpha value is -2.43. The van der Waals surface area contributed by atoms with Crippen LogP contribution in [-0.2, 0) is 6.54 Å². The number of ketones is 1. The number of carbonyl (C=O) groups is 1. The minimum Gasteiger partial charge on any atom is -0.304 e. The molecular formula is C22H22ClN3O. The fraction of sp³-hybridized carbons (Fsp3) is 0.273. The zero-order valence-electron chi connectivity index (χ0n) is 15.1. The normalized spacial score (nSPS) is 17.7. The SMILES string of the molecule is O=C(c1ccc(Cl)cc1)[C@@H]1CCCN(Cc2cccn2-c2ccccn2)C1. The van der Waals surface area contributed by atoms with Gasteiger partial charge in [0.05, 0.1) is 0 Å². The molecule has 0 bridgehead atoms. The lowest BCUT2D eigenvalue weighted by Crippen LogP contribution is -2.38. The first kappa shape index (κ1) is 18.0. The molecule has 1 fully saturated rings. The van der Waals surface area contributed by atoms with Gasteiger partial charge < -0.3 is 4.57 Å². The second kappa shape index (κ2) is 8.07. The van der Waals surface area contributed by atoms with Crippen LogP contribution < -0.4 is 0 Å². The fourth-order valence-electron chi connectivity index (χ4n) is 3.76. The number of carbonyl (C=O) groups excluding carboxylic acids is 1. The molecule has 1 aliphatic rings. The van der Waals surface area contributed by atoms with Crippen molar-refractivity contribution in [1.82, 2.24) is 14.5 Å². The lowest BCUT2D eigenvalue weighted by molar-refractivity contribution is 0.0809. The Kier molecular flexibility index (Phi) is 5.37. The molecule has 0 radical (unpaired) electrons. The van der Waals surface area contributed by atoms with E-state index in [-0.39, 0.29) is 11.7 Å². The number of hydrogen-bond donors (Lipinski definition) is 0. The van der Waals surface area contributed by atoms with Crippen molar-refractivity contribution in [1.29, 1.82) is 0 Å². The quantitative estimate of drug-likeness (QED) is 0.607. The van der Waals surface area contributed by atoms with Crippen LogP contribution in [0.4, 0.5) is 0 Å². The van der Waals surface area contributed by atoms with Gasteiger partial charge in [-0.1, -0.05) is 17.7 Å². The van der Waals surface area contributed by atoms with Gasteiger partial charge in [-0.2, -0.15) is 0 Å². The second-order valence-electron chi connectivity index (χ2n) is 7.00. The summed E-state index contributed by atoms with van der Waals surface area (Å²) < 4.78 is 2.12. The third kappa shape index (κ3) is 4.12. The van der Waals surface area contributed by atoms with E-state index < -0.39 is 0 Å². The molecular weight excluding hydrogens is 358 g/mol. The zero-order chi connectivity index (χ0) is 18.6. The van der Waals surface area contributed by atoms with E-state index >= 15 is 0 Å². The van der Waals surface area contributed by atoms with Crippen LogP contribution >= 0.6 is 11.6 Å². The van der Waals surface area contributed by atoms with Crippen molar-refractivity contribution >= 4 is 17.4 Å². The van der Waals surface area contributed by atoms with Gasteiger partial charge in [0.2, 0.25) is 0 Å². The number of piperidine rings is 1. The molecule has 2 aromatic heterocycles. The molecule has 1 atom stereocenters. The summed E-state index contributed by atoms with van der Waals surface area (Å²) in [5, 5.41) is 0.659. The van der Waals surface area contributed by atoms with E-state index in [9.17, 15) is 4.79 Å². The first-order chi connectivity index (χ1) is 13.2. The Morgan fingerprint density at radius 1 is 1.11 bits per heavy atom. The maximum Gasteiger partial charge on any atom is 0.167 e. The lowest BCUT2D eigenvalue weighted by Gasteiger charge is -2.32. The largest absolute Gasteiger partial charge is 0.304 e. The second-order valence-corrected chi connectivity index (χ2v) is 7.44. The van der Waals surface area contributed by atoms with Crippen LogP contribution in [0.5, 0.6) is 0 Å². The molecule has 4 rings (SSSR count). The predicted octanol–water partition coefficient (Wildman–Crippen LogP) is 4.62. The summed E-state index contributed by atoms with van der Waals surface area (Å²) in [5.74, 6) is 1.18. The Morgan fingerprint density at radius 3 is 2.74 bits per heavy atom. The maximum atomic E-state index is 12.9. The third-order valence-electron chi connectivity index (χ3n) is 5.12. The smallest absolute Gasteiger partial charge is 0.167 e. The van der Waals surface area contributed by atoms with Crippen molar-refractivity contribution in [3.05, 3.63) is 83.3 Å². The van der Waals surface area contributed by atoms with Crippen LogP contribution in [0.2, 0.25) is 5.02 Å². The number of nitrogens with zero attached hydrogens (tertiary/aromatic N) is 3. The number of pyridine rings is 1. The molecule has 0 spiro atoms. The molecule has 0 N–H and O–H groups in total. The molecule has 0 saturated carbocycles. The van der Waals surface area contributed by atoms with Crippen molar-refractivity contribution in [2.45, 2.75) is 19.4 Å². The molecule has 0 unspecified atom stereocenters. The highest BCUT2D eigenvalue weighted by Crippen LogP contribution is 2.24. The van der Waals surface area contributed by atoms with Gasteiger partial charge in [-0.15, -0.1) is 0 Å². The van der Waals surface area contributed by atoms with Gasteiger partial charge >= 0.3 is 0 Å². The zero-order valence-corrected chi connectivity index (χ0v) is 15.8. The summed E-state index contributed by atoms with van der Waals surface area (Å²) in [5.41, 5.74) is 1.94. The average molecular weight is 380 g/mol. The molecule has 4 nitrogen and oxygen atoms in total. The van der Waals surface area contributed by atoms with Crippen molar-refractivity contribution < 1.29 is 4.79 Å². The first-order valence-electron chi connectivity index (χ1n) is 9.30. The molecule has 5 heteroatoms. The van der Waals surface area contributed by atoms with Crippen molar-refractivity contribution in [3.63, 3.8) is 0 Å². The van der Waals surface area contributed by atoms with E-state index in [0.717, 1.165) is 43.9 Å². The summed E-state index contributed by atoms with van der Waals surface area (Å²) in [6.07, 6.45) is 5.83. The van der Waals surface area contributed by atoms with Gasteiger partial charge in [-0.3, -0.25) is 9.69 Å². The fourth-order valence-corrected chi connectivity index (χ4v) is 3.88. The van der Waals surface area contributed by atoms with Crippen LogP contribution in [-0.4, -0.2) is 33.3 Å². The van der Waals surface area contributed by atoms with Crippen molar-refractivity contribution in [2.75, 3.05) is 13.1 Å².